The molecule has 3 aromatic rings. The predicted octanol–water partition coefficient (Wildman–Crippen LogP) is 5.45. The lowest BCUT2D eigenvalue weighted by Gasteiger charge is -2.33. The Bertz CT molecular complexity index is 2000. The molecule has 13 nitrogen and oxygen atoms in total. The van der Waals surface area contributed by atoms with Crippen molar-refractivity contribution in [3.05, 3.63) is 78.0 Å². The fourth-order valence-electron chi connectivity index (χ4n) is 5.69. The number of sulfonamides is 1. The minimum absolute atomic E-state index is 0.104. The molecule has 1 heterocycles. The maximum atomic E-state index is 14.2. The third-order valence-electron chi connectivity index (χ3n) is 8.69. The van der Waals surface area contributed by atoms with Crippen LogP contribution in [-0.2, 0) is 29.1 Å². The van der Waals surface area contributed by atoms with Gasteiger partial charge >= 0.3 is 6.09 Å². The molecule has 15 heteroatoms. The lowest BCUT2D eigenvalue weighted by Crippen LogP contribution is -2.58. The molecule has 278 valence electrons. The number of hydrogen-bond donors (Lipinski definition) is 4. The second-order valence-corrected chi connectivity index (χ2v) is 17.6. The van der Waals surface area contributed by atoms with E-state index in [-0.39, 0.29) is 17.5 Å². The monoisotopic (exact) mass is 753 g/mol. The normalized spacial score (nSPS) is 19.8. The largest absolute Gasteiger partial charge is 0.444 e. The standard InChI is InChI=1S/C37H44ClN5O8S/c1-8-23-20-37(23,33(46)43-52(48,49)25-17-18-25)42-30(44)28(40-31(45)29(35(2,3)4)41-34(47)51-36(5,6)7)21-13-15-24(16-14-21)50-32-26-12-10-9-11-22(26)19-27(38)39-32/h8-16,19,23,25,28-29H,1,17-18,20H2,2-7H3,(H,40,45)(H,41,47)(H,42,44)(H,43,46)/t23-,28+,29-,37-/m1/s1. The molecule has 5 rings (SSSR count). The molecule has 0 spiro atoms. The number of nitrogens with one attached hydrogen (secondary N) is 4. The predicted molar refractivity (Wildman–Crippen MR) is 196 cm³/mol. The Morgan fingerprint density at radius 3 is 2.21 bits per heavy atom. The third-order valence-corrected chi connectivity index (χ3v) is 10.7. The van der Waals surface area contributed by atoms with Gasteiger partial charge in [-0.3, -0.25) is 19.1 Å². The fraction of sp³-hybridized carbons (Fsp3) is 0.432. The van der Waals surface area contributed by atoms with E-state index in [2.05, 4.69) is 32.2 Å². The van der Waals surface area contributed by atoms with Crippen LogP contribution in [0, 0.1) is 11.3 Å². The number of carbonyl (C=O) groups is 4. The lowest BCUT2D eigenvalue weighted by atomic mass is 9.86. The van der Waals surface area contributed by atoms with Crippen LogP contribution in [0.5, 0.6) is 11.6 Å². The van der Waals surface area contributed by atoms with Crippen molar-refractivity contribution in [1.29, 1.82) is 0 Å². The highest BCUT2D eigenvalue weighted by Gasteiger charge is 2.61. The first kappa shape index (κ1) is 38.5. The van der Waals surface area contributed by atoms with Crippen LogP contribution >= 0.6 is 11.6 Å². The number of hydrogen-bond acceptors (Lipinski definition) is 9. The van der Waals surface area contributed by atoms with E-state index in [0.29, 0.717) is 24.2 Å². The summed E-state index contributed by atoms with van der Waals surface area (Å²) < 4.78 is 38.9. The van der Waals surface area contributed by atoms with Gasteiger partial charge in [0.05, 0.1) is 5.25 Å². The molecule has 0 unspecified atom stereocenters. The summed E-state index contributed by atoms with van der Waals surface area (Å²) in [5, 5.41) is 9.19. The van der Waals surface area contributed by atoms with Gasteiger partial charge in [0.25, 0.3) is 5.91 Å². The fourth-order valence-corrected chi connectivity index (χ4v) is 7.25. The van der Waals surface area contributed by atoms with E-state index in [1.54, 1.807) is 71.9 Å². The van der Waals surface area contributed by atoms with Gasteiger partial charge in [0.15, 0.2) is 0 Å². The Morgan fingerprint density at radius 2 is 1.63 bits per heavy atom. The second kappa shape index (κ2) is 14.4. The molecule has 2 fully saturated rings. The van der Waals surface area contributed by atoms with Crippen molar-refractivity contribution in [2.75, 3.05) is 0 Å². The van der Waals surface area contributed by atoms with E-state index >= 15 is 0 Å². The maximum absolute atomic E-state index is 14.2. The van der Waals surface area contributed by atoms with Gasteiger partial charge in [0.1, 0.15) is 34.1 Å². The minimum atomic E-state index is -3.92. The van der Waals surface area contributed by atoms with Crippen molar-refractivity contribution in [2.45, 2.75) is 89.3 Å². The van der Waals surface area contributed by atoms with Crippen LogP contribution in [0.1, 0.15) is 72.4 Å². The molecule has 0 radical (unpaired) electrons. The van der Waals surface area contributed by atoms with Crippen LogP contribution in [0.25, 0.3) is 10.8 Å². The highest BCUT2D eigenvalue weighted by molar-refractivity contribution is 7.91. The topological polar surface area (TPSA) is 182 Å². The number of fused-ring (bicyclic) bond motifs is 1. The first-order valence-corrected chi connectivity index (χ1v) is 18.8. The third kappa shape index (κ3) is 9.02. The number of ether oxygens (including phenoxy) is 2. The summed E-state index contributed by atoms with van der Waals surface area (Å²) in [7, 11) is -3.92. The SMILES string of the molecule is C=C[C@@H]1C[C@]1(NC(=O)[C@@H](NC(=O)[C@@H](NC(=O)OC(C)(C)C)C(C)(C)C)c1ccc(Oc2nc(Cl)cc3ccccc23)cc1)C(=O)NS(=O)(=O)C1CC1. The molecule has 0 bridgehead atoms. The van der Waals surface area contributed by atoms with Gasteiger partial charge in [-0.05, 0) is 80.7 Å². The zero-order valence-electron chi connectivity index (χ0n) is 29.9. The molecule has 2 aliphatic carbocycles. The summed E-state index contributed by atoms with van der Waals surface area (Å²) in [5.74, 6) is -2.33. The van der Waals surface area contributed by atoms with Gasteiger partial charge in [0, 0.05) is 11.3 Å². The van der Waals surface area contributed by atoms with E-state index < -0.39 is 73.6 Å². The van der Waals surface area contributed by atoms with Crippen LogP contribution in [0.15, 0.2) is 67.3 Å². The molecule has 52 heavy (non-hydrogen) atoms. The first-order chi connectivity index (χ1) is 24.2. The molecule has 4 N–H and O–H groups in total. The molecule has 2 aromatic carbocycles. The van der Waals surface area contributed by atoms with E-state index in [0.717, 1.165) is 10.8 Å². The Kier molecular flexibility index (Phi) is 10.7. The number of benzene rings is 2. The van der Waals surface area contributed by atoms with E-state index in [4.69, 9.17) is 21.1 Å². The number of amides is 4. The minimum Gasteiger partial charge on any atom is -0.444 e. The van der Waals surface area contributed by atoms with Gasteiger partial charge in [-0.15, -0.1) is 6.58 Å². The van der Waals surface area contributed by atoms with E-state index in [1.165, 1.54) is 6.08 Å². The maximum Gasteiger partial charge on any atom is 0.408 e. The van der Waals surface area contributed by atoms with Crippen LogP contribution in [0.4, 0.5) is 4.79 Å². The Balaban J connectivity index is 1.45. The number of rotatable bonds is 12. The molecule has 0 aliphatic heterocycles. The number of halogens is 1. The zero-order valence-corrected chi connectivity index (χ0v) is 31.5. The smallest absolute Gasteiger partial charge is 0.408 e. The zero-order chi connectivity index (χ0) is 38.2. The first-order valence-electron chi connectivity index (χ1n) is 16.9. The van der Waals surface area contributed by atoms with Gasteiger partial charge in [-0.2, -0.15) is 0 Å². The van der Waals surface area contributed by atoms with Crippen molar-refractivity contribution in [3.8, 4) is 11.6 Å². The summed E-state index contributed by atoms with van der Waals surface area (Å²) >= 11 is 6.24. The van der Waals surface area contributed by atoms with Crippen LogP contribution in [0.3, 0.4) is 0 Å². The van der Waals surface area contributed by atoms with Crippen molar-refractivity contribution in [2.24, 2.45) is 11.3 Å². The second-order valence-electron chi connectivity index (χ2n) is 15.2. The molecule has 1 aromatic heterocycles. The summed E-state index contributed by atoms with van der Waals surface area (Å²) in [6, 6.07) is 12.8. The Morgan fingerprint density at radius 1 is 0.981 bits per heavy atom. The highest BCUT2D eigenvalue weighted by Crippen LogP contribution is 2.45. The van der Waals surface area contributed by atoms with E-state index in [9.17, 15) is 27.6 Å². The average Bonchev–Trinajstić information content (AvgIpc) is 3.97. The van der Waals surface area contributed by atoms with Crippen molar-refractivity contribution in [1.82, 2.24) is 25.7 Å². The molecular formula is C37H44ClN5O8S. The number of nitrogens with zero attached hydrogens (tertiary/aromatic N) is 1. The summed E-state index contributed by atoms with van der Waals surface area (Å²) in [4.78, 5) is 58.7. The number of pyridine rings is 1. The number of alkyl carbamates (subject to hydrolysis) is 1. The molecular weight excluding hydrogens is 710 g/mol. The van der Waals surface area contributed by atoms with Crippen LogP contribution in [0.2, 0.25) is 5.15 Å². The van der Waals surface area contributed by atoms with Crippen LogP contribution < -0.4 is 25.4 Å². The number of aromatic nitrogens is 1. The van der Waals surface area contributed by atoms with Gasteiger partial charge in [-0.1, -0.05) is 68.8 Å². The Labute approximate surface area is 308 Å². The average molecular weight is 754 g/mol. The Hall–Kier alpha value is -4.69. The lowest BCUT2D eigenvalue weighted by molar-refractivity contribution is -0.134. The molecule has 0 saturated heterocycles. The molecule has 2 aliphatic rings. The summed E-state index contributed by atoms with van der Waals surface area (Å²) in [6.45, 7) is 14.0. The highest BCUT2D eigenvalue weighted by atomic mass is 35.5. The molecule has 4 amide bonds. The van der Waals surface area contributed by atoms with Gasteiger partial charge < -0.3 is 25.4 Å². The van der Waals surface area contributed by atoms with Gasteiger partial charge in [-0.25, -0.2) is 18.2 Å². The summed E-state index contributed by atoms with van der Waals surface area (Å²) in [6.07, 6.45) is 1.63. The van der Waals surface area contributed by atoms with E-state index in [1.807, 2.05) is 24.3 Å². The molecule has 4 atom stereocenters. The van der Waals surface area contributed by atoms with Crippen molar-refractivity contribution in [3.63, 3.8) is 0 Å². The number of carbonyl (C=O) groups excluding carboxylic acids is 4. The summed E-state index contributed by atoms with van der Waals surface area (Å²) in [5.41, 5.74) is -2.99. The van der Waals surface area contributed by atoms with Crippen LogP contribution in [-0.4, -0.2) is 59.6 Å². The van der Waals surface area contributed by atoms with Gasteiger partial charge in [0.2, 0.25) is 27.7 Å². The molecule has 2 saturated carbocycles. The van der Waals surface area contributed by atoms with Crippen molar-refractivity contribution >= 4 is 56.2 Å². The van der Waals surface area contributed by atoms with Crippen molar-refractivity contribution < 1.29 is 37.1 Å². The quantitative estimate of drug-likeness (QED) is 0.138.